The molecule has 0 atom stereocenters. The molecular weight excluding hydrogens is 283 g/mol. The van der Waals surface area contributed by atoms with Crippen molar-refractivity contribution in [2.45, 2.75) is 6.61 Å². The summed E-state index contributed by atoms with van der Waals surface area (Å²) in [7, 11) is 0. The van der Waals surface area contributed by atoms with Gasteiger partial charge in [0, 0.05) is 5.56 Å². The number of carbonyl (C=O) groups is 2. The first-order chi connectivity index (χ1) is 9.18. The summed E-state index contributed by atoms with van der Waals surface area (Å²) in [6.07, 6.45) is 0. The zero-order valence-electron chi connectivity index (χ0n) is 11.0. The number of aromatic carboxylic acids is 1. The maximum atomic E-state index is 11.8. The van der Waals surface area contributed by atoms with Crippen LogP contribution in [0.15, 0.2) is 54.6 Å². The first-order valence-corrected chi connectivity index (χ1v) is 5.70. The SMILES string of the molecule is O=C([O-])c1ccccc1C(=O)OCc1ccccc1.[K+]. The molecule has 0 bridgehead atoms. The van der Waals surface area contributed by atoms with Crippen LogP contribution in [0.2, 0.25) is 0 Å². The normalized spacial score (nSPS) is 9.40. The molecule has 0 heterocycles. The number of esters is 1. The van der Waals surface area contributed by atoms with E-state index < -0.39 is 11.9 Å². The fraction of sp³-hybridized carbons (Fsp3) is 0.0667. The van der Waals surface area contributed by atoms with Crippen LogP contribution in [0.3, 0.4) is 0 Å². The molecule has 0 saturated heterocycles. The third-order valence-electron chi connectivity index (χ3n) is 2.58. The number of carbonyl (C=O) groups excluding carboxylic acids is 2. The number of benzene rings is 2. The Morgan fingerprint density at radius 1 is 0.900 bits per heavy atom. The summed E-state index contributed by atoms with van der Waals surface area (Å²) in [4.78, 5) is 22.7. The Morgan fingerprint density at radius 2 is 1.45 bits per heavy atom. The standard InChI is InChI=1S/C15H12O4.K/c16-14(17)12-8-4-5-9-13(12)15(18)19-10-11-6-2-1-3-7-11;/h1-9H,10H2,(H,16,17);/q;+1/p-1. The molecule has 0 aromatic heterocycles. The number of hydrogen-bond donors (Lipinski definition) is 0. The van der Waals surface area contributed by atoms with Crippen LogP contribution in [0.25, 0.3) is 0 Å². The van der Waals surface area contributed by atoms with Gasteiger partial charge in [-0.25, -0.2) is 4.79 Å². The molecule has 0 saturated carbocycles. The van der Waals surface area contributed by atoms with E-state index in [1.54, 1.807) is 6.07 Å². The average Bonchev–Trinajstić information content (AvgIpc) is 2.46. The fourth-order valence-electron chi connectivity index (χ4n) is 1.64. The summed E-state index contributed by atoms with van der Waals surface area (Å²) in [6, 6.07) is 15.0. The molecule has 0 aliphatic heterocycles. The van der Waals surface area contributed by atoms with E-state index in [-0.39, 0.29) is 69.1 Å². The number of ether oxygens (including phenoxy) is 1. The molecule has 2 aromatic rings. The zero-order chi connectivity index (χ0) is 13.7. The molecule has 0 aliphatic rings. The van der Waals surface area contributed by atoms with Crippen LogP contribution >= 0.6 is 0 Å². The molecule has 0 spiro atoms. The average molecular weight is 294 g/mol. The van der Waals surface area contributed by atoms with Crippen LogP contribution in [0.4, 0.5) is 0 Å². The van der Waals surface area contributed by atoms with Gasteiger partial charge in [-0.15, -0.1) is 0 Å². The van der Waals surface area contributed by atoms with Crippen molar-refractivity contribution in [2.75, 3.05) is 0 Å². The molecule has 4 nitrogen and oxygen atoms in total. The van der Waals surface area contributed by atoms with Gasteiger partial charge in [-0.3, -0.25) is 0 Å². The van der Waals surface area contributed by atoms with Gasteiger partial charge in [-0.2, -0.15) is 0 Å². The van der Waals surface area contributed by atoms with Gasteiger partial charge in [0.15, 0.2) is 0 Å². The summed E-state index contributed by atoms with van der Waals surface area (Å²) in [6.45, 7) is 0.0983. The van der Waals surface area contributed by atoms with Crippen LogP contribution in [-0.4, -0.2) is 11.9 Å². The Bertz CT molecular complexity index is 596. The van der Waals surface area contributed by atoms with Gasteiger partial charge in [-0.1, -0.05) is 48.5 Å². The molecule has 2 rings (SSSR count). The first-order valence-electron chi connectivity index (χ1n) is 5.70. The molecule has 0 aliphatic carbocycles. The fourth-order valence-corrected chi connectivity index (χ4v) is 1.64. The van der Waals surface area contributed by atoms with Gasteiger partial charge in [-0.05, 0) is 11.6 Å². The first kappa shape index (κ1) is 17.1. The van der Waals surface area contributed by atoms with E-state index in [4.69, 9.17) is 4.74 Å². The van der Waals surface area contributed by atoms with E-state index in [0.717, 1.165) is 5.56 Å². The molecule has 20 heavy (non-hydrogen) atoms. The van der Waals surface area contributed by atoms with E-state index in [1.807, 2.05) is 30.3 Å². The monoisotopic (exact) mass is 294 g/mol. The van der Waals surface area contributed by atoms with E-state index in [0.29, 0.717) is 0 Å². The van der Waals surface area contributed by atoms with Gasteiger partial charge in [0.05, 0.1) is 11.5 Å². The minimum Gasteiger partial charge on any atom is -0.545 e. The number of hydrogen-bond acceptors (Lipinski definition) is 4. The van der Waals surface area contributed by atoms with Gasteiger partial charge in [0.1, 0.15) is 6.61 Å². The van der Waals surface area contributed by atoms with Crippen LogP contribution < -0.4 is 56.5 Å². The van der Waals surface area contributed by atoms with Crippen molar-refractivity contribution in [3.05, 3.63) is 71.3 Å². The molecule has 0 radical (unpaired) electrons. The van der Waals surface area contributed by atoms with Crippen LogP contribution in [0.5, 0.6) is 0 Å². The topological polar surface area (TPSA) is 66.4 Å². The van der Waals surface area contributed by atoms with Crippen molar-refractivity contribution >= 4 is 11.9 Å². The third kappa shape index (κ3) is 4.54. The molecule has 5 heteroatoms. The number of rotatable bonds is 4. The maximum Gasteiger partial charge on any atom is 1.00 e. The van der Waals surface area contributed by atoms with Crippen LogP contribution in [-0.2, 0) is 11.3 Å². The van der Waals surface area contributed by atoms with Crippen LogP contribution in [0.1, 0.15) is 26.3 Å². The summed E-state index contributed by atoms with van der Waals surface area (Å²) >= 11 is 0. The largest absolute Gasteiger partial charge is 1.00 e. The molecule has 0 amide bonds. The maximum absolute atomic E-state index is 11.8. The summed E-state index contributed by atoms with van der Waals surface area (Å²) in [5.41, 5.74) is 0.667. The number of carboxylic acid groups (broad SMARTS) is 1. The Labute approximate surface area is 159 Å². The smallest absolute Gasteiger partial charge is 0.545 e. The minimum absolute atomic E-state index is 0. The van der Waals surface area contributed by atoms with Crippen molar-refractivity contribution in [1.82, 2.24) is 0 Å². The molecular formula is C15H11KO4. The van der Waals surface area contributed by atoms with E-state index in [9.17, 15) is 14.7 Å². The zero-order valence-corrected chi connectivity index (χ0v) is 14.2. The summed E-state index contributed by atoms with van der Waals surface area (Å²) in [5.74, 6) is -2.07. The molecule has 96 valence electrons. The molecule has 0 unspecified atom stereocenters. The van der Waals surface area contributed by atoms with Gasteiger partial charge < -0.3 is 14.6 Å². The summed E-state index contributed by atoms with van der Waals surface area (Å²) < 4.78 is 5.07. The van der Waals surface area contributed by atoms with E-state index >= 15 is 0 Å². The van der Waals surface area contributed by atoms with Crippen molar-refractivity contribution in [3.8, 4) is 0 Å². The number of carboxylic acids is 1. The van der Waals surface area contributed by atoms with Crippen molar-refractivity contribution in [3.63, 3.8) is 0 Å². The molecule has 0 N–H and O–H groups in total. The van der Waals surface area contributed by atoms with Crippen molar-refractivity contribution in [2.24, 2.45) is 0 Å². The third-order valence-corrected chi connectivity index (χ3v) is 2.58. The quantitative estimate of drug-likeness (QED) is 0.504. The van der Waals surface area contributed by atoms with E-state index in [1.165, 1.54) is 18.2 Å². The Hall–Kier alpha value is -0.984. The second-order valence-electron chi connectivity index (χ2n) is 3.89. The van der Waals surface area contributed by atoms with Crippen molar-refractivity contribution in [1.29, 1.82) is 0 Å². The molecule has 0 fully saturated rings. The summed E-state index contributed by atoms with van der Waals surface area (Å²) in [5, 5.41) is 10.9. The predicted octanol–water partition coefficient (Wildman–Crippen LogP) is -1.59. The minimum atomic E-state index is -1.40. The Morgan fingerprint density at radius 3 is 2.05 bits per heavy atom. The van der Waals surface area contributed by atoms with Gasteiger partial charge in [0.25, 0.3) is 0 Å². The van der Waals surface area contributed by atoms with Gasteiger partial charge in [0.2, 0.25) is 0 Å². The molecule has 2 aromatic carbocycles. The predicted molar refractivity (Wildman–Crippen MR) is 66.3 cm³/mol. The van der Waals surface area contributed by atoms with Crippen LogP contribution in [0, 0.1) is 0 Å². The van der Waals surface area contributed by atoms with E-state index in [2.05, 4.69) is 0 Å². The Kier molecular flexibility index (Phi) is 7.11. The van der Waals surface area contributed by atoms with Crippen molar-refractivity contribution < 1.29 is 70.8 Å². The Balaban J connectivity index is 0.00000200. The second-order valence-corrected chi connectivity index (χ2v) is 3.89. The van der Waals surface area contributed by atoms with Gasteiger partial charge >= 0.3 is 57.4 Å². The second kappa shape index (κ2) is 8.34.